The molecule has 7 N–H and O–H groups in total. The molecular formula is C26H30O14. The lowest BCUT2D eigenvalue weighted by Crippen LogP contribution is -2.61. The number of phenols is 1. The number of carboxylic acid groups (broad SMARTS) is 1. The number of aliphatic hydroxyl groups is 5. The number of benzene rings is 1. The summed E-state index contributed by atoms with van der Waals surface area (Å²) in [5.74, 6) is -4.26. The predicted molar refractivity (Wildman–Crippen MR) is 131 cm³/mol. The molecule has 0 spiro atoms. The van der Waals surface area contributed by atoms with E-state index in [9.17, 15) is 45.3 Å². The SMILES string of the molecule is COc1cc(/C=C/C(=O)OC[C@@]2(O)C=C[C@@H]3C(C(=O)O)=CO[C@@H](O[C@@H]4O[C@H](CO)[C@@H](O)[C@H](O)[C@H]4O)[C@@H]32)ccc1O. The first-order valence-electron chi connectivity index (χ1n) is 12.2. The molecule has 0 bridgehead atoms. The molecule has 1 aliphatic carbocycles. The van der Waals surface area contributed by atoms with Gasteiger partial charge in [-0.1, -0.05) is 18.2 Å². The van der Waals surface area contributed by atoms with Gasteiger partial charge in [-0.05, 0) is 23.8 Å². The summed E-state index contributed by atoms with van der Waals surface area (Å²) in [7, 11) is 1.37. The van der Waals surface area contributed by atoms with Gasteiger partial charge >= 0.3 is 11.9 Å². The first-order chi connectivity index (χ1) is 19.0. The zero-order valence-electron chi connectivity index (χ0n) is 21.1. The Bertz CT molecular complexity index is 1190. The number of hydrogen-bond donors (Lipinski definition) is 7. The summed E-state index contributed by atoms with van der Waals surface area (Å²) >= 11 is 0. The van der Waals surface area contributed by atoms with E-state index in [1.54, 1.807) is 0 Å². The van der Waals surface area contributed by atoms with Crippen molar-refractivity contribution in [1.29, 1.82) is 0 Å². The summed E-state index contributed by atoms with van der Waals surface area (Å²) < 4.78 is 26.7. The van der Waals surface area contributed by atoms with E-state index < -0.39 is 79.6 Å². The number of methoxy groups -OCH3 is 1. The van der Waals surface area contributed by atoms with Crippen molar-refractivity contribution in [1.82, 2.24) is 0 Å². The van der Waals surface area contributed by atoms with Crippen LogP contribution in [0, 0.1) is 11.8 Å². The lowest BCUT2D eigenvalue weighted by atomic mass is 9.79. The molecule has 2 heterocycles. The number of fused-ring (bicyclic) bond motifs is 1. The topological polar surface area (TPSA) is 222 Å². The highest BCUT2D eigenvalue weighted by Crippen LogP contribution is 2.46. The van der Waals surface area contributed by atoms with Gasteiger partial charge in [0.25, 0.3) is 0 Å². The van der Waals surface area contributed by atoms with E-state index in [-0.39, 0.29) is 17.1 Å². The van der Waals surface area contributed by atoms with Crippen LogP contribution in [0.4, 0.5) is 0 Å². The summed E-state index contributed by atoms with van der Waals surface area (Å²) in [4.78, 5) is 24.2. The molecule has 1 fully saturated rings. The number of ether oxygens (including phenoxy) is 5. The molecule has 4 rings (SSSR count). The molecule has 0 amide bonds. The monoisotopic (exact) mass is 566 g/mol. The van der Waals surface area contributed by atoms with Crippen molar-refractivity contribution < 1.29 is 69.0 Å². The normalized spacial score (nSPS) is 35.1. The fraction of sp³-hybridized carbons (Fsp3) is 0.462. The van der Waals surface area contributed by atoms with Crippen molar-refractivity contribution in [2.45, 2.75) is 42.6 Å². The van der Waals surface area contributed by atoms with Crippen LogP contribution in [0.15, 0.2) is 48.3 Å². The van der Waals surface area contributed by atoms with Crippen LogP contribution in [0.25, 0.3) is 6.08 Å². The van der Waals surface area contributed by atoms with Gasteiger partial charge in [-0.25, -0.2) is 9.59 Å². The van der Waals surface area contributed by atoms with Crippen LogP contribution in [0.1, 0.15) is 5.56 Å². The lowest BCUT2D eigenvalue weighted by Gasteiger charge is -2.44. The van der Waals surface area contributed by atoms with E-state index in [4.69, 9.17) is 23.7 Å². The highest BCUT2D eigenvalue weighted by molar-refractivity contribution is 5.88. The Labute approximate surface area is 227 Å². The van der Waals surface area contributed by atoms with E-state index in [0.29, 0.717) is 5.56 Å². The number of rotatable bonds is 9. The van der Waals surface area contributed by atoms with Crippen LogP contribution in [0.2, 0.25) is 0 Å². The molecule has 9 atom stereocenters. The molecule has 2 aliphatic heterocycles. The van der Waals surface area contributed by atoms with Crippen LogP contribution in [0.3, 0.4) is 0 Å². The smallest absolute Gasteiger partial charge is 0.335 e. The number of phenolic OH excluding ortho intramolecular Hbond substituents is 1. The van der Waals surface area contributed by atoms with Crippen LogP contribution in [-0.4, -0.2) is 111 Å². The maximum atomic E-state index is 12.4. The number of esters is 1. The predicted octanol–water partition coefficient (Wildman–Crippen LogP) is -1.37. The van der Waals surface area contributed by atoms with Crippen LogP contribution >= 0.6 is 0 Å². The quantitative estimate of drug-likeness (QED) is 0.104. The largest absolute Gasteiger partial charge is 0.504 e. The number of carboxylic acids is 1. The summed E-state index contributed by atoms with van der Waals surface area (Å²) in [6.45, 7) is -1.35. The summed E-state index contributed by atoms with van der Waals surface area (Å²) in [6.07, 6.45) is -3.55. The second-order valence-corrected chi connectivity index (χ2v) is 9.49. The fourth-order valence-corrected chi connectivity index (χ4v) is 4.78. The summed E-state index contributed by atoms with van der Waals surface area (Å²) in [5.41, 5.74) is -1.71. The molecule has 14 nitrogen and oxygen atoms in total. The number of carbonyl (C=O) groups is 2. The van der Waals surface area contributed by atoms with Crippen LogP contribution in [0.5, 0.6) is 11.5 Å². The van der Waals surface area contributed by atoms with Crippen molar-refractivity contribution >= 4 is 18.0 Å². The molecule has 40 heavy (non-hydrogen) atoms. The van der Waals surface area contributed by atoms with Crippen molar-refractivity contribution in [2.75, 3.05) is 20.3 Å². The minimum atomic E-state index is -2.00. The second-order valence-electron chi connectivity index (χ2n) is 9.49. The Morgan fingerprint density at radius 1 is 1.12 bits per heavy atom. The Balaban J connectivity index is 1.49. The minimum Gasteiger partial charge on any atom is -0.504 e. The highest BCUT2D eigenvalue weighted by atomic mass is 16.8. The molecule has 1 aromatic carbocycles. The number of aliphatic hydroxyl groups excluding tert-OH is 4. The van der Waals surface area contributed by atoms with Gasteiger partial charge in [0.05, 0.1) is 31.5 Å². The van der Waals surface area contributed by atoms with E-state index in [0.717, 1.165) is 12.3 Å². The van der Waals surface area contributed by atoms with Gasteiger partial charge in [0.15, 0.2) is 17.8 Å². The third-order valence-corrected chi connectivity index (χ3v) is 6.96. The summed E-state index contributed by atoms with van der Waals surface area (Å²) in [5, 5.41) is 70.6. The molecular weight excluding hydrogens is 536 g/mol. The second kappa shape index (κ2) is 11.9. The van der Waals surface area contributed by atoms with Gasteiger partial charge in [0.2, 0.25) is 6.29 Å². The molecule has 0 radical (unpaired) electrons. The van der Waals surface area contributed by atoms with Crippen molar-refractivity contribution in [3.63, 3.8) is 0 Å². The number of carbonyl (C=O) groups excluding carboxylic acids is 1. The highest BCUT2D eigenvalue weighted by Gasteiger charge is 2.56. The molecule has 1 aromatic rings. The molecule has 0 aromatic heterocycles. The number of aromatic hydroxyl groups is 1. The zero-order valence-corrected chi connectivity index (χ0v) is 21.1. The molecule has 0 unspecified atom stereocenters. The summed E-state index contributed by atoms with van der Waals surface area (Å²) in [6, 6.07) is 4.39. The van der Waals surface area contributed by atoms with Gasteiger partial charge in [0, 0.05) is 12.0 Å². The molecule has 0 saturated carbocycles. The standard InChI is InChI=1S/C26H30O14/c1-36-16-8-12(2-4-15(16)28)3-5-18(29)38-11-26(35)7-6-13-14(23(33)34)10-37-24(19(13)26)40-25-22(32)21(31)20(30)17(9-27)39-25/h2-8,10,13,17,19-22,24-25,27-28,30-32,35H,9,11H2,1H3,(H,33,34)/b5-3+/t13-,17-,19-,20-,21+,22-,24+,25+,26+/m1/s1. The van der Waals surface area contributed by atoms with E-state index in [1.165, 1.54) is 43.5 Å². The van der Waals surface area contributed by atoms with Crippen LogP contribution in [-0.2, 0) is 28.5 Å². The first kappa shape index (κ1) is 29.5. The zero-order chi connectivity index (χ0) is 29.2. The fourth-order valence-electron chi connectivity index (χ4n) is 4.78. The molecule has 1 saturated heterocycles. The Kier molecular flexibility index (Phi) is 8.80. The van der Waals surface area contributed by atoms with E-state index in [2.05, 4.69) is 0 Å². The maximum Gasteiger partial charge on any atom is 0.335 e. The van der Waals surface area contributed by atoms with Gasteiger partial charge in [0.1, 0.15) is 36.6 Å². The van der Waals surface area contributed by atoms with E-state index in [1.807, 2.05) is 0 Å². The first-order valence-corrected chi connectivity index (χ1v) is 12.2. The molecule has 14 heteroatoms. The van der Waals surface area contributed by atoms with Crippen molar-refractivity contribution in [3.8, 4) is 11.5 Å². The number of aliphatic carboxylic acids is 1. The Hall–Kier alpha value is -3.50. The lowest BCUT2D eigenvalue weighted by molar-refractivity contribution is -0.346. The minimum absolute atomic E-state index is 0.0861. The molecule has 218 valence electrons. The van der Waals surface area contributed by atoms with Gasteiger partial charge in [-0.3, -0.25) is 0 Å². The van der Waals surface area contributed by atoms with Crippen molar-refractivity contribution in [3.05, 3.63) is 53.8 Å². The average Bonchev–Trinajstić information content (AvgIpc) is 3.29. The number of allylic oxidation sites excluding steroid dienone is 1. The average molecular weight is 567 g/mol. The Morgan fingerprint density at radius 2 is 1.88 bits per heavy atom. The number of hydrogen-bond acceptors (Lipinski definition) is 13. The van der Waals surface area contributed by atoms with E-state index >= 15 is 0 Å². The van der Waals surface area contributed by atoms with Gasteiger partial charge in [-0.15, -0.1) is 0 Å². The van der Waals surface area contributed by atoms with Gasteiger partial charge < -0.3 is 59.4 Å². The third kappa shape index (κ3) is 5.83. The van der Waals surface area contributed by atoms with Crippen molar-refractivity contribution in [2.24, 2.45) is 11.8 Å². The third-order valence-electron chi connectivity index (χ3n) is 6.96. The maximum absolute atomic E-state index is 12.4. The molecule has 3 aliphatic rings. The van der Waals surface area contributed by atoms with Crippen LogP contribution < -0.4 is 4.74 Å². The Morgan fingerprint density at radius 3 is 2.55 bits per heavy atom. The van der Waals surface area contributed by atoms with Gasteiger partial charge in [-0.2, -0.15) is 0 Å².